The maximum absolute atomic E-state index is 12.7. The van der Waals surface area contributed by atoms with Gasteiger partial charge in [0.25, 0.3) is 0 Å². The van der Waals surface area contributed by atoms with Crippen molar-refractivity contribution in [3.63, 3.8) is 0 Å². The van der Waals surface area contributed by atoms with Crippen LogP contribution in [0.1, 0.15) is 125 Å². The van der Waals surface area contributed by atoms with E-state index in [-0.39, 0.29) is 0 Å². The van der Waals surface area contributed by atoms with Gasteiger partial charge in [0.1, 0.15) is 0 Å². The van der Waals surface area contributed by atoms with E-state index in [1.807, 2.05) is 0 Å². The van der Waals surface area contributed by atoms with E-state index in [1.165, 1.54) is 44.9 Å². The molecule has 182 valence electrons. The lowest BCUT2D eigenvalue weighted by molar-refractivity contribution is 0.0401. The van der Waals surface area contributed by atoms with Crippen molar-refractivity contribution >= 4 is 11.9 Å². The number of carbonyl (C=O) groups excluding carboxylic acids is 2. The molecule has 1 aromatic rings. The van der Waals surface area contributed by atoms with Crippen LogP contribution in [0.2, 0.25) is 0 Å². The fraction of sp³-hybridized carbons (Fsp3) is 0.714. The number of unbranched alkanes of at least 4 members (excludes halogenated alkanes) is 6. The maximum atomic E-state index is 12.7. The molecule has 0 aromatic heterocycles. The molecular formula is C28H46O4. The Morgan fingerprint density at radius 2 is 1.31 bits per heavy atom. The third kappa shape index (κ3) is 12.3. The van der Waals surface area contributed by atoms with E-state index in [2.05, 4.69) is 27.7 Å². The second kappa shape index (κ2) is 17.7. The van der Waals surface area contributed by atoms with Crippen molar-refractivity contribution in [2.24, 2.45) is 11.8 Å². The predicted molar refractivity (Wildman–Crippen MR) is 132 cm³/mol. The first-order valence-electron chi connectivity index (χ1n) is 12.9. The van der Waals surface area contributed by atoms with Crippen LogP contribution in [-0.2, 0) is 9.47 Å². The molecule has 0 aliphatic rings. The van der Waals surface area contributed by atoms with Crippen molar-refractivity contribution in [3.05, 3.63) is 35.4 Å². The van der Waals surface area contributed by atoms with E-state index in [0.29, 0.717) is 30.3 Å². The largest absolute Gasteiger partial charge is 0.462 e. The van der Waals surface area contributed by atoms with Gasteiger partial charge in [-0.25, -0.2) is 9.59 Å². The molecule has 1 unspecified atom stereocenters. The van der Waals surface area contributed by atoms with Gasteiger partial charge in [0, 0.05) is 0 Å². The third-order valence-corrected chi connectivity index (χ3v) is 5.89. The summed E-state index contributed by atoms with van der Waals surface area (Å²) in [6, 6.07) is 6.82. The molecule has 0 heterocycles. The number of benzene rings is 1. The Morgan fingerprint density at radius 1 is 0.719 bits per heavy atom. The summed E-state index contributed by atoms with van der Waals surface area (Å²) in [5.41, 5.74) is 0.599. The van der Waals surface area contributed by atoms with E-state index < -0.39 is 11.9 Å². The minimum Gasteiger partial charge on any atom is -0.462 e. The zero-order valence-electron chi connectivity index (χ0n) is 21.0. The fourth-order valence-corrected chi connectivity index (χ4v) is 3.94. The Morgan fingerprint density at radius 3 is 1.94 bits per heavy atom. The van der Waals surface area contributed by atoms with E-state index in [1.54, 1.807) is 24.3 Å². The van der Waals surface area contributed by atoms with Crippen LogP contribution in [0.5, 0.6) is 0 Å². The lowest BCUT2D eigenvalue weighted by atomic mass is 9.97. The number of esters is 2. The second-order valence-electron chi connectivity index (χ2n) is 9.38. The average Bonchev–Trinajstić information content (AvgIpc) is 2.78. The molecule has 4 heteroatoms. The van der Waals surface area contributed by atoms with Gasteiger partial charge in [-0.1, -0.05) is 97.6 Å². The molecule has 0 bridgehead atoms. The van der Waals surface area contributed by atoms with Gasteiger partial charge in [-0.15, -0.1) is 0 Å². The minimum absolute atomic E-state index is 0.299. The molecule has 0 saturated heterocycles. The predicted octanol–water partition coefficient (Wildman–Crippen LogP) is 7.99. The summed E-state index contributed by atoms with van der Waals surface area (Å²) in [6.07, 6.45) is 13.6. The number of carbonyl (C=O) groups is 2. The molecule has 32 heavy (non-hydrogen) atoms. The van der Waals surface area contributed by atoms with Crippen molar-refractivity contribution in [3.8, 4) is 0 Å². The zero-order chi connectivity index (χ0) is 23.6. The highest BCUT2D eigenvalue weighted by Gasteiger charge is 2.20. The molecule has 4 nitrogen and oxygen atoms in total. The van der Waals surface area contributed by atoms with Gasteiger partial charge >= 0.3 is 11.9 Å². The van der Waals surface area contributed by atoms with Crippen molar-refractivity contribution < 1.29 is 19.1 Å². The summed E-state index contributed by atoms with van der Waals surface area (Å²) in [4.78, 5) is 25.3. The van der Waals surface area contributed by atoms with Gasteiger partial charge in [0.2, 0.25) is 0 Å². The summed E-state index contributed by atoms with van der Waals surface area (Å²) in [5.74, 6) is 0.279. The Bertz CT molecular complexity index is 638. The molecule has 0 amide bonds. The van der Waals surface area contributed by atoms with E-state index in [9.17, 15) is 9.59 Å². The molecular weight excluding hydrogens is 400 g/mol. The van der Waals surface area contributed by atoms with Gasteiger partial charge in [0.15, 0.2) is 0 Å². The maximum Gasteiger partial charge on any atom is 0.339 e. The number of hydrogen-bond donors (Lipinski definition) is 0. The smallest absolute Gasteiger partial charge is 0.339 e. The van der Waals surface area contributed by atoms with Gasteiger partial charge in [-0.2, -0.15) is 0 Å². The van der Waals surface area contributed by atoms with Crippen LogP contribution in [-0.4, -0.2) is 25.2 Å². The van der Waals surface area contributed by atoms with Gasteiger partial charge in [-0.3, -0.25) is 0 Å². The van der Waals surface area contributed by atoms with Crippen LogP contribution in [0.25, 0.3) is 0 Å². The molecule has 0 fully saturated rings. The summed E-state index contributed by atoms with van der Waals surface area (Å²) in [6.45, 7) is 9.66. The molecule has 1 rings (SSSR count). The van der Waals surface area contributed by atoms with Crippen molar-refractivity contribution in [2.75, 3.05) is 13.2 Å². The molecule has 0 spiro atoms. The lowest BCUT2D eigenvalue weighted by Gasteiger charge is -2.17. The van der Waals surface area contributed by atoms with Crippen LogP contribution >= 0.6 is 0 Å². The topological polar surface area (TPSA) is 52.6 Å². The molecule has 0 N–H and O–H groups in total. The first-order chi connectivity index (χ1) is 15.5. The Balaban J connectivity index is 2.46. The molecule has 1 atom stereocenters. The fourth-order valence-electron chi connectivity index (χ4n) is 3.94. The van der Waals surface area contributed by atoms with E-state index >= 15 is 0 Å². The zero-order valence-corrected chi connectivity index (χ0v) is 21.0. The standard InChI is InChI=1S/C28H46O4/c1-5-7-11-18-24(16-6-2)22-32-28(30)26-20-14-13-19-25(26)27(29)31-21-15-10-8-9-12-17-23(3)4/h13-14,19-20,23-24H,5-12,15-18,21-22H2,1-4H3. The Kier molecular flexibility index (Phi) is 15.6. The molecule has 0 aliphatic heterocycles. The SMILES string of the molecule is CCCCCC(CCC)COC(=O)c1ccccc1C(=O)OCCCCCCCC(C)C. The van der Waals surface area contributed by atoms with Gasteiger partial charge < -0.3 is 9.47 Å². The van der Waals surface area contributed by atoms with Crippen molar-refractivity contribution in [1.29, 1.82) is 0 Å². The van der Waals surface area contributed by atoms with Crippen LogP contribution in [0, 0.1) is 11.8 Å². The first-order valence-corrected chi connectivity index (χ1v) is 12.9. The van der Waals surface area contributed by atoms with E-state index in [0.717, 1.165) is 38.0 Å². The molecule has 0 saturated carbocycles. The Labute approximate surface area is 196 Å². The van der Waals surface area contributed by atoms with Crippen LogP contribution in [0.4, 0.5) is 0 Å². The van der Waals surface area contributed by atoms with E-state index in [4.69, 9.17) is 9.47 Å². The van der Waals surface area contributed by atoms with Crippen molar-refractivity contribution in [1.82, 2.24) is 0 Å². The van der Waals surface area contributed by atoms with Gasteiger partial charge in [-0.05, 0) is 43.2 Å². The van der Waals surface area contributed by atoms with Crippen LogP contribution in [0.15, 0.2) is 24.3 Å². The number of rotatable bonds is 18. The summed E-state index contributed by atoms with van der Waals surface area (Å²) >= 11 is 0. The second-order valence-corrected chi connectivity index (χ2v) is 9.38. The number of hydrogen-bond acceptors (Lipinski definition) is 4. The molecule has 0 radical (unpaired) electrons. The molecule has 0 aliphatic carbocycles. The van der Waals surface area contributed by atoms with Crippen LogP contribution in [0.3, 0.4) is 0 Å². The summed E-state index contributed by atoms with van der Waals surface area (Å²) in [7, 11) is 0. The lowest BCUT2D eigenvalue weighted by Crippen LogP contribution is -2.18. The summed E-state index contributed by atoms with van der Waals surface area (Å²) in [5, 5.41) is 0. The molecule has 1 aromatic carbocycles. The normalized spacial score (nSPS) is 12.0. The third-order valence-electron chi connectivity index (χ3n) is 5.89. The highest BCUT2D eigenvalue weighted by Crippen LogP contribution is 2.18. The number of ether oxygens (including phenoxy) is 2. The highest BCUT2D eigenvalue weighted by molar-refractivity contribution is 6.03. The first kappa shape index (κ1) is 28.2. The summed E-state index contributed by atoms with van der Waals surface area (Å²) < 4.78 is 11.1. The monoisotopic (exact) mass is 446 g/mol. The van der Waals surface area contributed by atoms with Crippen LogP contribution < -0.4 is 0 Å². The van der Waals surface area contributed by atoms with Crippen molar-refractivity contribution in [2.45, 2.75) is 105 Å². The quantitative estimate of drug-likeness (QED) is 0.169. The minimum atomic E-state index is -0.439. The average molecular weight is 447 g/mol. The van der Waals surface area contributed by atoms with Gasteiger partial charge in [0.05, 0.1) is 24.3 Å². The highest BCUT2D eigenvalue weighted by atomic mass is 16.5. The Hall–Kier alpha value is -1.84.